The fourth-order valence-corrected chi connectivity index (χ4v) is 3.07. The third kappa shape index (κ3) is 3.49. The predicted molar refractivity (Wildman–Crippen MR) is 82.5 cm³/mol. The average molecular weight is 343 g/mol. The van der Waals surface area contributed by atoms with Crippen molar-refractivity contribution in [3.63, 3.8) is 0 Å². The first-order chi connectivity index (χ1) is 9.65. The Hall–Kier alpha value is -1.14. The van der Waals surface area contributed by atoms with E-state index < -0.39 is 0 Å². The lowest BCUT2D eigenvalue weighted by atomic mass is 9.98. The highest BCUT2D eigenvalue weighted by molar-refractivity contribution is 9.08. The Morgan fingerprint density at radius 3 is 3.00 bits per heavy atom. The molecule has 1 aromatic carbocycles. The number of alkyl halides is 1. The van der Waals surface area contributed by atoms with Crippen LogP contribution in [0.15, 0.2) is 18.2 Å². The zero-order valence-corrected chi connectivity index (χ0v) is 13.1. The number of benzene rings is 1. The van der Waals surface area contributed by atoms with Gasteiger partial charge in [-0.3, -0.25) is 10.1 Å². The summed E-state index contributed by atoms with van der Waals surface area (Å²) in [5, 5.41) is 11.9. The Balaban J connectivity index is 2.24. The van der Waals surface area contributed by atoms with Crippen molar-refractivity contribution in [2.75, 3.05) is 31.7 Å². The van der Waals surface area contributed by atoms with Gasteiger partial charge in [0.1, 0.15) is 5.69 Å². The molecule has 1 heterocycles. The average Bonchev–Trinajstić information content (AvgIpc) is 2.47. The minimum absolute atomic E-state index is 0.194. The van der Waals surface area contributed by atoms with Gasteiger partial charge >= 0.3 is 0 Å². The molecule has 0 spiro atoms. The van der Waals surface area contributed by atoms with Crippen LogP contribution >= 0.6 is 15.9 Å². The first kappa shape index (κ1) is 15.3. The summed E-state index contributed by atoms with van der Waals surface area (Å²) in [6, 6.07) is 5.46. The van der Waals surface area contributed by atoms with Crippen LogP contribution in [-0.4, -0.2) is 31.7 Å². The van der Waals surface area contributed by atoms with Gasteiger partial charge < -0.3 is 9.64 Å². The van der Waals surface area contributed by atoms with E-state index in [1.54, 1.807) is 13.2 Å². The molecule has 1 aromatic rings. The lowest BCUT2D eigenvalue weighted by Gasteiger charge is -2.33. The highest BCUT2D eigenvalue weighted by atomic mass is 79.9. The molecule has 0 bridgehead atoms. The quantitative estimate of drug-likeness (QED) is 0.467. The van der Waals surface area contributed by atoms with E-state index in [4.69, 9.17) is 4.74 Å². The Bertz CT molecular complexity index is 479. The van der Waals surface area contributed by atoms with Gasteiger partial charge in [0.2, 0.25) is 0 Å². The predicted octanol–water partition coefficient (Wildman–Crippen LogP) is 3.35. The number of anilines is 1. The first-order valence-corrected chi connectivity index (χ1v) is 7.85. The fourth-order valence-electron chi connectivity index (χ4n) is 2.72. The van der Waals surface area contributed by atoms with E-state index in [0.29, 0.717) is 17.9 Å². The summed E-state index contributed by atoms with van der Waals surface area (Å²) >= 11 is 3.34. The van der Waals surface area contributed by atoms with Crippen molar-refractivity contribution in [2.24, 2.45) is 5.92 Å². The van der Waals surface area contributed by atoms with E-state index in [1.807, 2.05) is 12.1 Å². The normalized spacial score (nSPS) is 19.1. The van der Waals surface area contributed by atoms with Crippen LogP contribution in [0.3, 0.4) is 0 Å². The third-order valence-corrected chi connectivity index (χ3v) is 4.30. The summed E-state index contributed by atoms with van der Waals surface area (Å²) in [5.74, 6) is 0.448. The molecule has 0 aromatic heterocycles. The molecule has 0 radical (unpaired) electrons. The van der Waals surface area contributed by atoms with Crippen LogP contribution in [0.4, 0.5) is 11.4 Å². The monoisotopic (exact) mass is 342 g/mol. The van der Waals surface area contributed by atoms with Crippen molar-refractivity contribution in [1.82, 2.24) is 0 Å². The number of rotatable bonds is 5. The zero-order chi connectivity index (χ0) is 14.5. The van der Waals surface area contributed by atoms with Crippen LogP contribution < -0.4 is 4.90 Å². The van der Waals surface area contributed by atoms with Gasteiger partial charge in [0.25, 0.3) is 5.69 Å². The fraction of sp³-hybridized carbons (Fsp3) is 0.571. The van der Waals surface area contributed by atoms with Gasteiger partial charge in [-0.2, -0.15) is 0 Å². The number of hydrogen-bond donors (Lipinski definition) is 0. The van der Waals surface area contributed by atoms with Gasteiger partial charge in [0.05, 0.1) is 11.5 Å². The van der Waals surface area contributed by atoms with E-state index in [2.05, 4.69) is 20.8 Å². The summed E-state index contributed by atoms with van der Waals surface area (Å²) < 4.78 is 5.21. The Morgan fingerprint density at radius 1 is 1.55 bits per heavy atom. The van der Waals surface area contributed by atoms with Crippen LogP contribution in [0.2, 0.25) is 0 Å². The summed E-state index contributed by atoms with van der Waals surface area (Å²) in [5.41, 5.74) is 1.84. The summed E-state index contributed by atoms with van der Waals surface area (Å²) in [4.78, 5) is 13.1. The molecular weight excluding hydrogens is 324 g/mol. The molecule has 6 heteroatoms. The van der Waals surface area contributed by atoms with E-state index in [0.717, 1.165) is 37.2 Å². The molecule has 0 aliphatic carbocycles. The Morgan fingerprint density at radius 2 is 2.35 bits per heavy atom. The smallest absolute Gasteiger partial charge is 0.292 e. The number of hydrogen-bond acceptors (Lipinski definition) is 4. The van der Waals surface area contributed by atoms with Crippen molar-refractivity contribution < 1.29 is 9.66 Å². The number of ether oxygens (including phenoxy) is 1. The maximum atomic E-state index is 11.3. The van der Waals surface area contributed by atoms with Crippen LogP contribution in [0.25, 0.3) is 0 Å². The van der Waals surface area contributed by atoms with Crippen LogP contribution in [0.5, 0.6) is 0 Å². The minimum atomic E-state index is -0.290. The molecule has 20 heavy (non-hydrogen) atoms. The topological polar surface area (TPSA) is 55.6 Å². The number of nitro groups is 1. The molecule has 0 saturated carbocycles. The van der Waals surface area contributed by atoms with E-state index in [-0.39, 0.29) is 10.6 Å². The van der Waals surface area contributed by atoms with Crippen molar-refractivity contribution in [1.29, 1.82) is 0 Å². The minimum Gasteiger partial charge on any atom is -0.384 e. The maximum Gasteiger partial charge on any atom is 0.292 e. The lowest BCUT2D eigenvalue weighted by molar-refractivity contribution is -0.384. The molecule has 0 amide bonds. The van der Waals surface area contributed by atoms with E-state index >= 15 is 0 Å². The van der Waals surface area contributed by atoms with Crippen molar-refractivity contribution in [3.05, 3.63) is 33.9 Å². The van der Waals surface area contributed by atoms with Gasteiger partial charge in [-0.25, -0.2) is 0 Å². The van der Waals surface area contributed by atoms with Gasteiger partial charge in [0, 0.05) is 31.6 Å². The number of methoxy groups -OCH3 is 1. The van der Waals surface area contributed by atoms with E-state index in [9.17, 15) is 10.1 Å². The highest BCUT2D eigenvalue weighted by Gasteiger charge is 2.25. The molecule has 110 valence electrons. The first-order valence-electron chi connectivity index (χ1n) is 6.73. The number of nitro benzene ring substituents is 1. The maximum absolute atomic E-state index is 11.3. The second-order valence-corrected chi connectivity index (χ2v) is 5.68. The van der Waals surface area contributed by atoms with Crippen LogP contribution in [-0.2, 0) is 10.1 Å². The van der Waals surface area contributed by atoms with E-state index in [1.165, 1.54) is 0 Å². The standard InChI is InChI=1S/C14H19BrN2O3/c1-20-10-12-3-2-6-16(9-12)13-5-4-11(8-15)7-14(13)17(18)19/h4-5,7,12H,2-3,6,8-10H2,1H3. The van der Waals surface area contributed by atoms with Gasteiger partial charge in [-0.1, -0.05) is 22.0 Å². The molecule has 1 atom stereocenters. The Kier molecular flexibility index (Phi) is 5.37. The van der Waals surface area contributed by atoms with Crippen molar-refractivity contribution >= 4 is 27.3 Å². The van der Waals surface area contributed by atoms with Crippen LogP contribution in [0, 0.1) is 16.0 Å². The second-order valence-electron chi connectivity index (χ2n) is 5.12. The molecule has 5 nitrogen and oxygen atoms in total. The molecule has 1 aliphatic heterocycles. The van der Waals surface area contributed by atoms with Gasteiger partial charge in [-0.15, -0.1) is 0 Å². The summed E-state index contributed by atoms with van der Waals surface area (Å²) in [7, 11) is 1.70. The zero-order valence-electron chi connectivity index (χ0n) is 11.5. The van der Waals surface area contributed by atoms with Crippen molar-refractivity contribution in [2.45, 2.75) is 18.2 Å². The van der Waals surface area contributed by atoms with Gasteiger partial charge in [-0.05, 0) is 30.4 Å². The molecule has 1 fully saturated rings. The van der Waals surface area contributed by atoms with Gasteiger partial charge in [0.15, 0.2) is 0 Å². The molecule has 1 saturated heterocycles. The number of piperidine rings is 1. The largest absolute Gasteiger partial charge is 0.384 e. The summed E-state index contributed by atoms with van der Waals surface area (Å²) in [6.07, 6.45) is 2.17. The molecule has 1 aliphatic rings. The SMILES string of the molecule is COCC1CCCN(c2ccc(CBr)cc2[N+](=O)[O-])C1. The Labute approximate surface area is 127 Å². The van der Waals surface area contributed by atoms with Crippen molar-refractivity contribution in [3.8, 4) is 0 Å². The number of halogens is 1. The molecule has 2 rings (SSSR count). The third-order valence-electron chi connectivity index (χ3n) is 3.65. The number of nitrogens with zero attached hydrogens (tertiary/aromatic N) is 2. The molecular formula is C14H19BrN2O3. The molecule has 0 N–H and O–H groups in total. The lowest BCUT2D eigenvalue weighted by Crippen LogP contribution is -2.37. The van der Waals surface area contributed by atoms with Crippen LogP contribution in [0.1, 0.15) is 18.4 Å². The second kappa shape index (κ2) is 7.04. The highest BCUT2D eigenvalue weighted by Crippen LogP contribution is 2.33. The summed E-state index contributed by atoms with van der Waals surface area (Å²) in [6.45, 7) is 2.40. The molecule has 1 unspecified atom stereocenters.